The molecule has 2 rings (SSSR count). The Morgan fingerprint density at radius 1 is 1.71 bits per heavy atom. The lowest BCUT2D eigenvalue weighted by Crippen LogP contribution is -2.30. The van der Waals surface area contributed by atoms with Crippen molar-refractivity contribution >= 4 is 16.5 Å². The molecular weight excluding hydrogens is 194 g/mol. The third-order valence-corrected chi connectivity index (χ3v) is 3.73. The molecular formula is C10H17N3S. The first-order valence-corrected chi connectivity index (χ1v) is 6.08. The summed E-state index contributed by atoms with van der Waals surface area (Å²) in [4.78, 5) is 6.95. The Kier molecular flexibility index (Phi) is 3.03. The van der Waals surface area contributed by atoms with Crippen LogP contribution in [0, 0.1) is 6.92 Å². The van der Waals surface area contributed by atoms with E-state index in [1.807, 2.05) is 6.92 Å². The summed E-state index contributed by atoms with van der Waals surface area (Å²) < 4.78 is 0. The number of rotatable bonds is 3. The van der Waals surface area contributed by atoms with E-state index in [9.17, 15) is 0 Å². The second-order valence-electron chi connectivity index (χ2n) is 3.84. The Balaban J connectivity index is 2.09. The summed E-state index contributed by atoms with van der Waals surface area (Å²) in [5.41, 5.74) is 6.74. The van der Waals surface area contributed by atoms with Crippen molar-refractivity contribution < 1.29 is 0 Å². The number of aromatic nitrogens is 1. The molecule has 14 heavy (non-hydrogen) atoms. The fourth-order valence-electron chi connectivity index (χ4n) is 2.05. The highest BCUT2D eigenvalue weighted by Crippen LogP contribution is 2.29. The molecule has 1 aromatic heterocycles. The first kappa shape index (κ1) is 9.93. The lowest BCUT2D eigenvalue weighted by Gasteiger charge is -2.23. The molecule has 3 nitrogen and oxygen atoms in total. The summed E-state index contributed by atoms with van der Waals surface area (Å²) in [6, 6.07) is 0.630. The van der Waals surface area contributed by atoms with Gasteiger partial charge in [0.25, 0.3) is 0 Å². The third-order valence-electron chi connectivity index (χ3n) is 2.73. The number of aryl methyl sites for hydroxylation is 1. The molecule has 0 saturated carbocycles. The maximum Gasteiger partial charge on any atom is 0.185 e. The van der Waals surface area contributed by atoms with Crippen LogP contribution in [0.4, 0.5) is 5.13 Å². The molecule has 1 aromatic rings. The molecule has 1 saturated heterocycles. The van der Waals surface area contributed by atoms with Crippen molar-refractivity contribution in [1.82, 2.24) is 4.98 Å². The topological polar surface area (TPSA) is 42.1 Å². The summed E-state index contributed by atoms with van der Waals surface area (Å²) in [6.07, 6.45) is 3.65. The summed E-state index contributed by atoms with van der Waals surface area (Å²) >= 11 is 1.75. The maximum absolute atomic E-state index is 5.61. The Bertz CT molecular complexity index is 297. The lowest BCUT2D eigenvalue weighted by atomic mass is 10.1. The fraction of sp³-hybridized carbons (Fsp3) is 0.700. The zero-order valence-corrected chi connectivity index (χ0v) is 9.39. The molecule has 78 valence electrons. The zero-order valence-electron chi connectivity index (χ0n) is 8.57. The molecule has 1 fully saturated rings. The average molecular weight is 211 g/mol. The monoisotopic (exact) mass is 211 g/mol. The van der Waals surface area contributed by atoms with Gasteiger partial charge in [0.15, 0.2) is 5.13 Å². The Morgan fingerprint density at radius 3 is 3.21 bits per heavy atom. The number of nitrogens with two attached hydrogens (primary N) is 1. The van der Waals surface area contributed by atoms with Gasteiger partial charge in [-0.2, -0.15) is 0 Å². The van der Waals surface area contributed by atoms with E-state index in [1.165, 1.54) is 18.0 Å². The van der Waals surface area contributed by atoms with Gasteiger partial charge in [0.05, 0.1) is 5.69 Å². The summed E-state index contributed by atoms with van der Waals surface area (Å²) in [6.45, 7) is 3.98. The van der Waals surface area contributed by atoms with Crippen LogP contribution in [0.2, 0.25) is 0 Å². The molecule has 4 heteroatoms. The Labute approximate surface area is 88.9 Å². The van der Waals surface area contributed by atoms with Crippen molar-refractivity contribution in [3.8, 4) is 0 Å². The summed E-state index contributed by atoms with van der Waals surface area (Å²) in [7, 11) is 0. The standard InChI is InChI=1S/C10H17N3S/c1-8-7-14-10(12-8)13-6-2-3-9(13)4-5-11/h7,9H,2-6,11H2,1H3. The molecule has 1 atom stereocenters. The number of thiazole rings is 1. The zero-order chi connectivity index (χ0) is 9.97. The molecule has 0 amide bonds. The van der Waals surface area contributed by atoms with E-state index in [2.05, 4.69) is 15.3 Å². The van der Waals surface area contributed by atoms with Crippen LogP contribution < -0.4 is 10.6 Å². The lowest BCUT2D eigenvalue weighted by molar-refractivity contribution is 0.617. The van der Waals surface area contributed by atoms with Crippen molar-refractivity contribution in [2.75, 3.05) is 18.0 Å². The summed E-state index contributed by atoms with van der Waals surface area (Å²) in [5.74, 6) is 0. The number of nitrogens with zero attached hydrogens (tertiary/aromatic N) is 2. The quantitative estimate of drug-likeness (QED) is 0.828. The largest absolute Gasteiger partial charge is 0.345 e. The molecule has 0 aliphatic carbocycles. The van der Waals surface area contributed by atoms with Gasteiger partial charge in [0.2, 0.25) is 0 Å². The van der Waals surface area contributed by atoms with Gasteiger partial charge in [-0.15, -0.1) is 11.3 Å². The minimum absolute atomic E-state index is 0.630. The van der Waals surface area contributed by atoms with Crippen LogP contribution >= 0.6 is 11.3 Å². The van der Waals surface area contributed by atoms with E-state index in [0.29, 0.717) is 6.04 Å². The highest BCUT2D eigenvalue weighted by atomic mass is 32.1. The molecule has 1 aliphatic heterocycles. The molecule has 1 unspecified atom stereocenters. The Hall–Kier alpha value is -0.610. The van der Waals surface area contributed by atoms with Gasteiger partial charge in [-0.1, -0.05) is 0 Å². The third kappa shape index (κ3) is 1.91. The van der Waals surface area contributed by atoms with Gasteiger partial charge >= 0.3 is 0 Å². The maximum atomic E-state index is 5.61. The molecule has 0 bridgehead atoms. The highest BCUT2D eigenvalue weighted by Gasteiger charge is 2.25. The van der Waals surface area contributed by atoms with Crippen LogP contribution in [0.5, 0.6) is 0 Å². The highest BCUT2D eigenvalue weighted by molar-refractivity contribution is 7.13. The molecule has 0 spiro atoms. The Morgan fingerprint density at radius 2 is 2.57 bits per heavy atom. The van der Waals surface area contributed by atoms with Crippen molar-refractivity contribution in [3.05, 3.63) is 11.1 Å². The van der Waals surface area contributed by atoms with Gasteiger partial charge in [-0.25, -0.2) is 4.98 Å². The second kappa shape index (κ2) is 4.28. The predicted octanol–water partition coefficient (Wildman–Crippen LogP) is 1.77. The molecule has 0 aromatic carbocycles. The van der Waals surface area contributed by atoms with Gasteiger partial charge < -0.3 is 10.6 Å². The predicted molar refractivity (Wildman–Crippen MR) is 60.9 cm³/mol. The number of anilines is 1. The van der Waals surface area contributed by atoms with Gasteiger partial charge in [-0.3, -0.25) is 0 Å². The number of hydrogen-bond donors (Lipinski definition) is 1. The SMILES string of the molecule is Cc1csc(N2CCCC2CCN)n1. The van der Waals surface area contributed by atoms with Crippen LogP contribution in [0.15, 0.2) is 5.38 Å². The van der Waals surface area contributed by atoms with E-state index in [1.54, 1.807) is 11.3 Å². The minimum atomic E-state index is 0.630. The minimum Gasteiger partial charge on any atom is -0.345 e. The van der Waals surface area contributed by atoms with Crippen LogP contribution in [-0.2, 0) is 0 Å². The first-order valence-electron chi connectivity index (χ1n) is 5.20. The molecule has 2 N–H and O–H groups in total. The summed E-state index contributed by atoms with van der Waals surface area (Å²) in [5, 5.41) is 3.30. The molecule has 0 radical (unpaired) electrons. The molecule has 2 heterocycles. The number of hydrogen-bond acceptors (Lipinski definition) is 4. The van der Waals surface area contributed by atoms with Crippen LogP contribution in [0.25, 0.3) is 0 Å². The van der Waals surface area contributed by atoms with Crippen molar-refractivity contribution in [2.45, 2.75) is 32.2 Å². The van der Waals surface area contributed by atoms with Gasteiger partial charge in [0.1, 0.15) is 0 Å². The van der Waals surface area contributed by atoms with Crippen molar-refractivity contribution in [3.63, 3.8) is 0 Å². The van der Waals surface area contributed by atoms with E-state index in [4.69, 9.17) is 5.73 Å². The van der Waals surface area contributed by atoms with Crippen LogP contribution in [0.3, 0.4) is 0 Å². The average Bonchev–Trinajstić information content (AvgIpc) is 2.74. The molecule has 1 aliphatic rings. The van der Waals surface area contributed by atoms with Crippen LogP contribution in [-0.4, -0.2) is 24.1 Å². The van der Waals surface area contributed by atoms with E-state index in [-0.39, 0.29) is 0 Å². The smallest absolute Gasteiger partial charge is 0.185 e. The van der Waals surface area contributed by atoms with E-state index >= 15 is 0 Å². The van der Waals surface area contributed by atoms with E-state index < -0.39 is 0 Å². The normalized spacial score (nSPS) is 21.9. The first-order chi connectivity index (χ1) is 6.81. The van der Waals surface area contributed by atoms with Crippen LogP contribution in [0.1, 0.15) is 25.0 Å². The van der Waals surface area contributed by atoms with Gasteiger partial charge in [0, 0.05) is 18.0 Å². The second-order valence-corrected chi connectivity index (χ2v) is 4.67. The van der Waals surface area contributed by atoms with Crippen molar-refractivity contribution in [2.24, 2.45) is 5.73 Å². The van der Waals surface area contributed by atoms with E-state index in [0.717, 1.165) is 25.2 Å². The van der Waals surface area contributed by atoms with Gasteiger partial charge in [-0.05, 0) is 32.7 Å². The van der Waals surface area contributed by atoms with Crippen molar-refractivity contribution in [1.29, 1.82) is 0 Å². The fourth-order valence-corrected chi connectivity index (χ4v) is 2.95.